The molecule has 0 aliphatic carbocycles. The number of carbonyl (C=O) groups is 2. The lowest BCUT2D eigenvalue weighted by molar-refractivity contribution is -0.132. The fraction of sp³-hybridized carbons (Fsp3) is 0.609. The van der Waals surface area contributed by atoms with Crippen LogP contribution in [0.25, 0.3) is 0 Å². The zero-order valence-corrected chi connectivity index (χ0v) is 21.0. The normalized spacial score (nSPS) is 22.5. The minimum absolute atomic E-state index is 0.165. The topological polar surface area (TPSA) is 111 Å². The maximum atomic E-state index is 13.5. The third-order valence-electron chi connectivity index (χ3n) is 6.20. The number of hydrogen-bond donors (Lipinski definition) is 2. The van der Waals surface area contributed by atoms with Crippen molar-refractivity contribution in [2.45, 2.75) is 58.0 Å². The van der Waals surface area contributed by atoms with Gasteiger partial charge in [-0.3, -0.25) is 14.6 Å². The second-order valence-corrected chi connectivity index (χ2v) is 12.4. The predicted octanol–water partition coefficient (Wildman–Crippen LogP) is 0.817. The molecule has 1 fully saturated rings. The fourth-order valence-electron chi connectivity index (χ4n) is 4.25. The summed E-state index contributed by atoms with van der Waals surface area (Å²) in [6.07, 6.45) is 0. The smallest absolute Gasteiger partial charge is 0.247 e. The number of sulfonamides is 1. The third kappa shape index (κ3) is 5.06. The summed E-state index contributed by atoms with van der Waals surface area (Å²) < 4.78 is 27.2. The number of likely N-dealkylation sites (N-methyl/N-ethyl adjacent to an activating group) is 1. The molecule has 0 saturated carbocycles. The van der Waals surface area contributed by atoms with Crippen molar-refractivity contribution in [3.63, 3.8) is 0 Å². The Balaban J connectivity index is 1.95. The van der Waals surface area contributed by atoms with Crippen molar-refractivity contribution in [2.24, 2.45) is 10.4 Å². The van der Waals surface area contributed by atoms with E-state index in [9.17, 15) is 18.0 Å². The lowest BCUT2D eigenvalue weighted by Gasteiger charge is -2.40. The number of aliphatic imine (C=N–C) groups is 1. The van der Waals surface area contributed by atoms with Gasteiger partial charge in [0.05, 0.1) is 11.3 Å². The molecule has 1 aromatic rings. The summed E-state index contributed by atoms with van der Waals surface area (Å²) in [4.78, 5) is 32.7. The summed E-state index contributed by atoms with van der Waals surface area (Å²) in [6, 6.07) is 7.53. The van der Waals surface area contributed by atoms with Crippen LogP contribution in [0.4, 0.5) is 0 Å². The Labute approximate surface area is 196 Å². The Bertz CT molecular complexity index is 1020. The lowest BCUT2D eigenvalue weighted by atomic mass is 9.85. The highest BCUT2D eigenvalue weighted by atomic mass is 32.2. The standard InChI is InChI=1S/C23H35N5O4S/c1-15(2)33(31,32)27-12-13-28-17(14-27)18(25-20(28)16-10-8-7-9-11-16)21(29)26-19(22(30)24-6)23(3,4)5/h7-11,15,17-19H,12-14H2,1-6H3,(H,24,30)(H,26,29)/t17?,18?,19-/m1/s1. The Morgan fingerprint density at radius 2 is 1.76 bits per heavy atom. The van der Waals surface area contributed by atoms with Gasteiger partial charge in [-0.2, -0.15) is 4.31 Å². The van der Waals surface area contributed by atoms with Gasteiger partial charge < -0.3 is 15.5 Å². The number of nitrogens with one attached hydrogen (secondary N) is 2. The molecular weight excluding hydrogens is 442 g/mol. The van der Waals surface area contributed by atoms with Gasteiger partial charge in [0.1, 0.15) is 11.9 Å². The zero-order chi connectivity index (χ0) is 24.6. The number of amides is 2. The molecule has 0 aromatic heterocycles. The first-order valence-electron chi connectivity index (χ1n) is 11.3. The molecule has 0 radical (unpaired) electrons. The third-order valence-corrected chi connectivity index (χ3v) is 8.44. The number of nitrogens with zero attached hydrogens (tertiary/aromatic N) is 3. The molecular formula is C23H35N5O4S. The number of rotatable bonds is 6. The molecule has 9 nitrogen and oxygen atoms in total. The van der Waals surface area contributed by atoms with Crippen LogP contribution in [0, 0.1) is 5.41 Å². The van der Waals surface area contributed by atoms with Gasteiger partial charge in [-0.15, -0.1) is 0 Å². The van der Waals surface area contributed by atoms with Gasteiger partial charge in [-0.25, -0.2) is 8.42 Å². The molecule has 10 heteroatoms. The fourth-order valence-corrected chi connectivity index (χ4v) is 5.54. The minimum Gasteiger partial charge on any atom is -0.357 e. The van der Waals surface area contributed by atoms with Gasteiger partial charge in [-0.05, 0) is 19.3 Å². The summed E-state index contributed by atoms with van der Waals surface area (Å²) >= 11 is 0. The SMILES string of the molecule is CNC(=O)[C@@H](NC(=O)C1N=C(c2ccccc2)N2CCN(S(=O)(=O)C(C)C)CC12)C(C)(C)C. The number of hydrogen-bond acceptors (Lipinski definition) is 6. The van der Waals surface area contributed by atoms with Crippen molar-refractivity contribution in [1.29, 1.82) is 0 Å². The first-order valence-corrected chi connectivity index (χ1v) is 12.8. The second-order valence-electron chi connectivity index (χ2n) is 9.90. The summed E-state index contributed by atoms with van der Waals surface area (Å²) in [7, 11) is -1.94. The highest BCUT2D eigenvalue weighted by molar-refractivity contribution is 7.89. The van der Waals surface area contributed by atoms with Crippen LogP contribution >= 0.6 is 0 Å². The van der Waals surface area contributed by atoms with Gasteiger partial charge in [0.15, 0.2) is 6.04 Å². The molecule has 2 aliphatic rings. The first-order chi connectivity index (χ1) is 15.4. The molecule has 2 N–H and O–H groups in total. The molecule has 2 unspecified atom stereocenters. The lowest BCUT2D eigenvalue weighted by Crippen LogP contribution is -2.61. The van der Waals surface area contributed by atoms with E-state index in [1.807, 2.05) is 56.0 Å². The van der Waals surface area contributed by atoms with Crippen LogP contribution < -0.4 is 10.6 Å². The highest BCUT2D eigenvalue weighted by Gasteiger charge is 2.47. The molecule has 33 heavy (non-hydrogen) atoms. The monoisotopic (exact) mass is 477 g/mol. The van der Waals surface area contributed by atoms with Gasteiger partial charge in [0.25, 0.3) is 0 Å². The van der Waals surface area contributed by atoms with Crippen LogP contribution in [0.3, 0.4) is 0 Å². The Morgan fingerprint density at radius 3 is 2.30 bits per heavy atom. The van der Waals surface area contributed by atoms with Crippen LogP contribution in [0.5, 0.6) is 0 Å². The quantitative estimate of drug-likeness (QED) is 0.630. The Kier molecular flexibility index (Phi) is 7.18. The maximum absolute atomic E-state index is 13.5. The van der Waals surface area contributed by atoms with E-state index in [-0.39, 0.29) is 18.4 Å². The largest absolute Gasteiger partial charge is 0.357 e. The maximum Gasteiger partial charge on any atom is 0.247 e. The van der Waals surface area contributed by atoms with E-state index in [0.29, 0.717) is 18.9 Å². The molecule has 2 aliphatic heterocycles. The van der Waals surface area contributed by atoms with E-state index in [0.717, 1.165) is 5.56 Å². The van der Waals surface area contributed by atoms with E-state index in [2.05, 4.69) is 10.6 Å². The zero-order valence-electron chi connectivity index (χ0n) is 20.2. The minimum atomic E-state index is -3.47. The van der Waals surface area contributed by atoms with Crippen molar-refractivity contribution < 1.29 is 18.0 Å². The number of amidine groups is 1. The number of benzene rings is 1. The number of fused-ring (bicyclic) bond motifs is 1. The molecule has 182 valence electrons. The van der Waals surface area contributed by atoms with Crippen LogP contribution in [0.15, 0.2) is 35.3 Å². The van der Waals surface area contributed by atoms with Crippen LogP contribution in [0.1, 0.15) is 40.2 Å². The molecule has 3 rings (SSSR count). The summed E-state index contributed by atoms with van der Waals surface area (Å²) in [6.45, 7) is 9.89. The molecule has 1 aromatic carbocycles. The van der Waals surface area contributed by atoms with Gasteiger partial charge in [-0.1, -0.05) is 51.1 Å². The van der Waals surface area contributed by atoms with Crippen molar-refractivity contribution >= 4 is 27.7 Å². The van der Waals surface area contributed by atoms with E-state index in [1.54, 1.807) is 13.8 Å². The summed E-state index contributed by atoms with van der Waals surface area (Å²) in [5.74, 6) is 0.00321. The van der Waals surface area contributed by atoms with Crippen molar-refractivity contribution in [1.82, 2.24) is 19.8 Å². The average Bonchev–Trinajstić information content (AvgIpc) is 3.15. The Morgan fingerprint density at radius 1 is 1.12 bits per heavy atom. The molecule has 1 saturated heterocycles. The molecule has 2 amide bonds. The van der Waals surface area contributed by atoms with E-state index >= 15 is 0 Å². The van der Waals surface area contributed by atoms with Crippen LogP contribution in [-0.4, -0.2) is 85.3 Å². The molecule has 0 bridgehead atoms. The molecule has 3 atom stereocenters. The number of piperazine rings is 1. The molecule has 0 spiro atoms. The van der Waals surface area contributed by atoms with E-state index in [4.69, 9.17) is 4.99 Å². The van der Waals surface area contributed by atoms with Crippen LogP contribution in [0.2, 0.25) is 0 Å². The second kappa shape index (κ2) is 9.42. The average molecular weight is 478 g/mol. The van der Waals surface area contributed by atoms with E-state index < -0.39 is 38.8 Å². The van der Waals surface area contributed by atoms with Crippen LogP contribution in [-0.2, 0) is 19.6 Å². The first kappa shape index (κ1) is 25.2. The molecule has 2 heterocycles. The van der Waals surface area contributed by atoms with Gasteiger partial charge >= 0.3 is 0 Å². The van der Waals surface area contributed by atoms with Crippen molar-refractivity contribution in [2.75, 3.05) is 26.7 Å². The van der Waals surface area contributed by atoms with E-state index in [1.165, 1.54) is 11.4 Å². The van der Waals surface area contributed by atoms with Crippen molar-refractivity contribution in [3.05, 3.63) is 35.9 Å². The van der Waals surface area contributed by atoms with Gasteiger partial charge in [0, 0.05) is 32.2 Å². The summed E-state index contributed by atoms with van der Waals surface area (Å²) in [5.41, 5.74) is 0.358. The number of carbonyl (C=O) groups excluding carboxylic acids is 2. The van der Waals surface area contributed by atoms with Gasteiger partial charge in [0.2, 0.25) is 21.8 Å². The Hall–Kier alpha value is -2.46. The van der Waals surface area contributed by atoms with Crippen molar-refractivity contribution in [3.8, 4) is 0 Å². The summed E-state index contributed by atoms with van der Waals surface area (Å²) in [5, 5.41) is 4.94. The predicted molar refractivity (Wildman–Crippen MR) is 128 cm³/mol. The highest BCUT2D eigenvalue weighted by Crippen LogP contribution is 2.29.